The third kappa shape index (κ3) is 4.80. The monoisotopic (exact) mass is 431 g/mol. The van der Waals surface area contributed by atoms with Gasteiger partial charge in [-0.1, -0.05) is 0 Å². The van der Waals surface area contributed by atoms with Crippen molar-refractivity contribution in [2.45, 2.75) is 37.6 Å². The number of rotatable bonds is 7. The molecule has 1 aromatic heterocycles. The molecule has 0 saturated carbocycles. The van der Waals surface area contributed by atoms with Crippen molar-refractivity contribution in [2.24, 2.45) is 5.92 Å². The highest BCUT2D eigenvalue weighted by Crippen LogP contribution is 2.26. The average molecular weight is 432 g/mol. The van der Waals surface area contributed by atoms with Crippen LogP contribution in [0, 0.1) is 24.2 Å². The van der Waals surface area contributed by atoms with E-state index in [0.717, 1.165) is 5.69 Å². The predicted octanol–water partition coefficient (Wildman–Crippen LogP) is 2.15. The first-order valence-corrected chi connectivity index (χ1v) is 11.2. The molecule has 1 fully saturated rings. The molecule has 1 amide bonds. The molecule has 1 saturated heterocycles. The van der Waals surface area contributed by atoms with E-state index in [0.29, 0.717) is 37.5 Å². The van der Waals surface area contributed by atoms with E-state index < -0.39 is 15.9 Å². The third-order valence-corrected chi connectivity index (χ3v) is 6.92. The Balaban J connectivity index is 1.71. The number of aromatic nitrogens is 2. The van der Waals surface area contributed by atoms with Crippen molar-refractivity contribution < 1.29 is 17.9 Å². The van der Waals surface area contributed by atoms with Crippen LogP contribution in [0.3, 0.4) is 0 Å². The fourth-order valence-electron chi connectivity index (χ4n) is 3.47. The summed E-state index contributed by atoms with van der Waals surface area (Å²) in [4.78, 5) is 13.0. The third-order valence-electron chi connectivity index (χ3n) is 5.04. The van der Waals surface area contributed by atoms with Gasteiger partial charge in [0, 0.05) is 19.2 Å². The minimum Gasteiger partial charge on any atom is -0.497 e. The number of nitrogens with one attached hydrogen (secondary N) is 1. The minimum atomic E-state index is -3.70. The Morgan fingerprint density at radius 1 is 1.37 bits per heavy atom. The van der Waals surface area contributed by atoms with Crippen LogP contribution in [-0.2, 0) is 21.4 Å². The number of carbonyl (C=O) groups is 1. The van der Waals surface area contributed by atoms with Crippen LogP contribution in [0.5, 0.6) is 5.75 Å². The molecule has 0 radical (unpaired) electrons. The normalized spacial score (nSPS) is 17.3. The molecule has 2 aromatic rings. The summed E-state index contributed by atoms with van der Waals surface area (Å²) in [7, 11) is -2.18. The Kier molecular flexibility index (Phi) is 6.74. The summed E-state index contributed by atoms with van der Waals surface area (Å²) in [5.74, 6) is 0.380. The van der Waals surface area contributed by atoms with Crippen molar-refractivity contribution >= 4 is 21.7 Å². The van der Waals surface area contributed by atoms with E-state index in [4.69, 9.17) is 10.00 Å². The van der Waals surface area contributed by atoms with Crippen LogP contribution in [0.4, 0.5) is 5.82 Å². The maximum absolute atomic E-state index is 13.0. The summed E-state index contributed by atoms with van der Waals surface area (Å²) < 4.78 is 34.0. The van der Waals surface area contributed by atoms with Gasteiger partial charge >= 0.3 is 0 Å². The Morgan fingerprint density at radius 3 is 2.77 bits per heavy atom. The number of anilines is 1. The van der Waals surface area contributed by atoms with E-state index in [9.17, 15) is 13.2 Å². The van der Waals surface area contributed by atoms with Gasteiger partial charge in [-0.2, -0.15) is 14.7 Å². The maximum Gasteiger partial charge on any atom is 0.243 e. The van der Waals surface area contributed by atoms with Crippen molar-refractivity contribution in [3.8, 4) is 11.8 Å². The molecule has 1 aromatic carbocycles. The number of hydrogen-bond acceptors (Lipinski definition) is 6. The highest BCUT2D eigenvalue weighted by molar-refractivity contribution is 7.89. The molecule has 0 bridgehead atoms. The number of methoxy groups -OCH3 is 1. The minimum absolute atomic E-state index is 0.117. The van der Waals surface area contributed by atoms with Crippen molar-refractivity contribution in [3.63, 3.8) is 0 Å². The molecule has 0 aliphatic carbocycles. The topological polar surface area (TPSA) is 117 Å². The van der Waals surface area contributed by atoms with Gasteiger partial charge in [-0.05, 0) is 44.0 Å². The standard InChI is InChI=1S/C20H25N5O4S/c1-15-13-19(25(23-15)12-4-10-21)22-20(26)16-5-3-11-24(14-16)30(27,28)18-8-6-17(29-2)7-9-18/h6-9,13,16H,3-5,11-12,14H2,1-2H3,(H,22,26). The van der Waals surface area contributed by atoms with Gasteiger partial charge in [0.1, 0.15) is 11.6 Å². The Bertz CT molecular complexity index is 1040. The summed E-state index contributed by atoms with van der Waals surface area (Å²) in [5, 5.41) is 15.9. The van der Waals surface area contributed by atoms with Crippen LogP contribution in [0.15, 0.2) is 35.2 Å². The van der Waals surface area contributed by atoms with Crippen molar-refractivity contribution in [1.82, 2.24) is 14.1 Å². The number of nitrogens with zero attached hydrogens (tertiary/aromatic N) is 4. The number of aryl methyl sites for hydroxylation is 2. The average Bonchev–Trinajstić information content (AvgIpc) is 3.11. The molecule has 9 nitrogen and oxygen atoms in total. The summed E-state index contributed by atoms with van der Waals surface area (Å²) in [6, 6.07) is 10.0. The van der Waals surface area contributed by atoms with E-state index in [1.807, 2.05) is 6.92 Å². The quantitative estimate of drug-likeness (QED) is 0.718. The van der Waals surface area contributed by atoms with Gasteiger partial charge in [0.15, 0.2) is 0 Å². The first-order chi connectivity index (χ1) is 14.3. The smallest absolute Gasteiger partial charge is 0.243 e. The lowest BCUT2D eigenvalue weighted by Crippen LogP contribution is -2.43. The van der Waals surface area contributed by atoms with Crippen LogP contribution >= 0.6 is 0 Å². The first-order valence-electron chi connectivity index (χ1n) is 9.71. The molecule has 1 unspecified atom stereocenters. The molecule has 0 spiro atoms. The molecule has 30 heavy (non-hydrogen) atoms. The second-order valence-corrected chi connectivity index (χ2v) is 9.11. The Morgan fingerprint density at radius 2 is 2.10 bits per heavy atom. The Hall–Kier alpha value is -2.90. The number of ether oxygens (including phenoxy) is 1. The fourth-order valence-corrected chi connectivity index (χ4v) is 5.00. The zero-order chi connectivity index (χ0) is 21.7. The molecule has 1 atom stereocenters. The molecule has 2 heterocycles. The number of sulfonamides is 1. The molecule has 160 valence electrons. The van der Waals surface area contributed by atoms with E-state index in [1.165, 1.54) is 23.5 Å². The summed E-state index contributed by atoms with van der Waals surface area (Å²) >= 11 is 0. The summed E-state index contributed by atoms with van der Waals surface area (Å²) in [5.41, 5.74) is 0.732. The van der Waals surface area contributed by atoms with E-state index in [2.05, 4.69) is 16.5 Å². The van der Waals surface area contributed by atoms with Gasteiger partial charge in [-0.3, -0.25) is 4.79 Å². The molecular formula is C20H25N5O4S. The van der Waals surface area contributed by atoms with E-state index in [-0.39, 0.29) is 23.8 Å². The second-order valence-electron chi connectivity index (χ2n) is 7.17. The highest BCUT2D eigenvalue weighted by Gasteiger charge is 2.33. The second kappa shape index (κ2) is 9.28. The zero-order valence-electron chi connectivity index (χ0n) is 17.0. The lowest BCUT2D eigenvalue weighted by Gasteiger charge is -2.31. The van der Waals surface area contributed by atoms with Crippen LogP contribution in [0.2, 0.25) is 0 Å². The van der Waals surface area contributed by atoms with Gasteiger partial charge in [-0.25, -0.2) is 13.1 Å². The van der Waals surface area contributed by atoms with Gasteiger partial charge in [0.2, 0.25) is 15.9 Å². The number of carbonyl (C=O) groups excluding carboxylic acids is 1. The van der Waals surface area contributed by atoms with Gasteiger partial charge < -0.3 is 10.1 Å². The number of nitriles is 1. The largest absolute Gasteiger partial charge is 0.497 e. The van der Waals surface area contributed by atoms with E-state index >= 15 is 0 Å². The fraction of sp³-hybridized carbons (Fsp3) is 0.450. The lowest BCUT2D eigenvalue weighted by atomic mass is 9.99. The maximum atomic E-state index is 13.0. The van der Waals surface area contributed by atoms with Crippen LogP contribution in [-0.4, -0.2) is 48.6 Å². The lowest BCUT2D eigenvalue weighted by molar-refractivity contribution is -0.120. The van der Waals surface area contributed by atoms with Crippen molar-refractivity contribution in [3.05, 3.63) is 36.0 Å². The number of amides is 1. The van der Waals surface area contributed by atoms with Gasteiger partial charge in [0.05, 0.1) is 42.7 Å². The summed E-state index contributed by atoms with van der Waals surface area (Å²) in [6.45, 7) is 2.67. The molecular weight excluding hydrogens is 406 g/mol. The van der Waals surface area contributed by atoms with Crippen molar-refractivity contribution in [2.75, 3.05) is 25.5 Å². The molecule has 10 heteroatoms. The molecule has 1 aliphatic rings. The van der Waals surface area contributed by atoms with Crippen LogP contribution in [0.1, 0.15) is 25.0 Å². The van der Waals surface area contributed by atoms with Gasteiger partial charge in [-0.15, -0.1) is 0 Å². The predicted molar refractivity (Wildman–Crippen MR) is 110 cm³/mol. The first kappa shape index (κ1) is 21.8. The number of benzene rings is 1. The molecule has 1 N–H and O–H groups in total. The van der Waals surface area contributed by atoms with Crippen LogP contribution < -0.4 is 10.1 Å². The highest BCUT2D eigenvalue weighted by atomic mass is 32.2. The zero-order valence-corrected chi connectivity index (χ0v) is 17.9. The van der Waals surface area contributed by atoms with E-state index in [1.54, 1.807) is 22.9 Å². The van der Waals surface area contributed by atoms with Gasteiger partial charge in [0.25, 0.3) is 0 Å². The SMILES string of the molecule is COc1ccc(S(=O)(=O)N2CCCC(C(=O)Nc3cc(C)nn3CCC#N)C2)cc1. The van der Waals surface area contributed by atoms with Crippen LogP contribution in [0.25, 0.3) is 0 Å². The molecule has 3 rings (SSSR count). The van der Waals surface area contributed by atoms with Crippen molar-refractivity contribution in [1.29, 1.82) is 5.26 Å². The Labute approximate surface area is 176 Å². The number of piperidine rings is 1. The number of hydrogen-bond donors (Lipinski definition) is 1. The molecule has 1 aliphatic heterocycles. The summed E-state index contributed by atoms with van der Waals surface area (Å²) in [6.07, 6.45) is 1.48.